The predicted molar refractivity (Wildman–Crippen MR) is 104 cm³/mol. The molecule has 3 aromatic carbocycles. The van der Waals surface area contributed by atoms with Crippen LogP contribution in [0.2, 0.25) is 0 Å². The van der Waals surface area contributed by atoms with E-state index in [0.29, 0.717) is 0 Å². The second-order valence-corrected chi connectivity index (χ2v) is 6.66. The molecular formula is C22H18O2S. The van der Waals surface area contributed by atoms with Crippen molar-refractivity contribution in [2.45, 2.75) is 4.75 Å². The summed E-state index contributed by atoms with van der Waals surface area (Å²) >= 11 is 1.50. The maximum absolute atomic E-state index is 11.0. The van der Waals surface area contributed by atoms with Crippen molar-refractivity contribution in [3.63, 3.8) is 0 Å². The van der Waals surface area contributed by atoms with E-state index in [1.807, 2.05) is 54.6 Å². The van der Waals surface area contributed by atoms with Gasteiger partial charge < -0.3 is 5.11 Å². The molecule has 25 heavy (non-hydrogen) atoms. The van der Waals surface area contributed by atoms with E-state index in [4.69, 9.17) is 5.11 Å². The number of carboxylic acid groups (broad SMARTS) is 1. The molecule has 0 radical (unpaired) electrons. The molecule has 124 valence electrons. The van der Waals surface area contributed by atoms with Crippen molar-refractivity contribution in [3.05, 3.63) is 119 Å². The first-order chi connectivity index (χ1) is 12.2. The Morgan fingerprint density at radius 2 is 1.08 bits per heavy atom. The molecule has 0 fully saturated rings. The van der Waals surface area contributed by atoms with Gasteiger partial charge in [-0.1, -0.05) is 91.0 Å². The van der Waals surface area contributed by atoms with E-state index in [-0.39, 0.29) is 0 Å². The first kappa shape index (κ1) is 17.1. The number of carboxylic acids is 1. The van der Waals surface area contributed by atoms with Crippen molar-refractivity contribution < 1.29 is 9.90 Å². The highest BCUT2D eigenvalue weighted by Crippen LogP contribution is 2.48. The molecule has 0 bridgehead atoms. The average Bonchev–Trinajstić information content (AvgIpc) is 2.67. The summed E-state index contributed by atoms with van der Waals surface area (Å²) < 4.78 is -0.518. The molecule has 0 spiro atoms. The minimum Gasteiger partial charge on any atom is -0.478 e. The Morgan fingerprint density at radius 3 is 1.40 bits per heavy atom. The van der Waals surface area contributed by atoms with Crippen molar-refractivity contribution >= 4 is 17.7 Å². The lowest BCUT2D eigenvalue weighted by Crippen LogP contribution is -2.24. The van der Waals surface area contributed by atoms with Crippen LogP contribution in [0.4, 0.5) is 0 Å². The first-order valence-corrected chi connectivity index (χ1v) is 8.85. The van der Waals surface area contributed by atoms with Crippen molar-refractivity contribution in [1.82, 2.24) is 0 Å². The minimum absolute atomic E-state index is 0.518. The number of hydrogen-bond donors (Lipinski definition) is 1. The average molecular weight is 346 g/mol. The monoisotopic (exact) mass is 346 g/mol. The lowest BCUT2D eigenvalue weighted by atomic mass is 9.84. The van der Waals surface area contributed by atoms with Gasteiger partial charge >= 0.3 is 5.97 Å². The normalized spacial score (nSPS) is 11.5. The van der Waals surface area contributed by atoms with Crippen LogP contribution in [0.3, 0.4) is 0 Å². The molecule has 0 unspecified atom stereocenters. The zero-order valence-electron chi connectivity index (χ0n) is 13.6. The number of thioether (sulfide) groups is 1. The lowest BCUT2D eigenvalue weighted by molar-refractivity contribution is -0.131. The van der Waals surface area contributed by atoms with E-state index in [0.717, 1.165) is 16.7 Å². The Bertz CT molecular complexity index is 746. The van der Waals surface area contributed by atoms with Gasteiger partial charge in [0.1, 0.15) is 0 Å². The van der Waals surface area contributed by atoms with E-state index >= 15 is 0 Å². The summed E-state index contributed by atoms with van der Waals surface area (Å²) in [6, 6.07) is 30.5. The molecule has 0 aliphatic carbocycles. The van der Waals surface area contributed by atoms with Crippen LogP contribution >= 0.6 is 11.8 Å². The van der Waals surface area contributed by atoms with Crippen LogP contribution in [0.25, 0.3) is 0 Å². The van der Waals surface area contributed by atoms with Crippen LogP contribution < -0.4 is 0 Å². The second kappa shape index (κ2) is 7.86. The highest BCUT2D eigenvalue weighted by atomic mass is 32.2. The number of carbonyl (C=O) groups is 1. The van der Waals surface area contributed by atoms with Crippen LogP contribution in [0.15, 0.2) is 102 Å². The summed E-state index contributed by atoms with van der Waals surface area (Å²) in [5.41, 5.74) is 3.31. The smallest absolute Gasteiger partial charge is 0.328 e. The third-order valence-corrected chi connectivity index (χ3v) is 5.33. The fourth-order valence-electron chi connectivity index (χ4n) is 2.92. The molecule has 3 heteroatoms. The van der Waals surface area contributed by atoms with Crippen molar-refractivity contribution in [2.75, 3.05) is 0 Å². The molecule has 3 aromatic rings. The van der Waals surface area contributed by atoms with Gasteiger partial charge in [-0.2, -0.15) is 0 Å². The Hall–Kier alpha value is -2.78. The topological polar surface area (TPSA) is 37.3 Å². The van der Waals surface area contributed by atoms with E-state index in [9.17, 15) is 4.79 Å². The molecule has 2 nitrogen and oxygen atoms in total. The fourth-order valence-corrected chi connectivity index (χ4v) is 4.12. The van der Waals surface area contributed by atoms with E-state index in [1.165, 1.54) is 17.8 Å². The van der Waals surface area contributed by atoms with E-state index in [2.05, 4.69) is 36.4 Å². The predicted octanol–water partition coefficient (Wildman–Crippen LogP) is 5.31. The van der Waals surface area contributed by atoms with Crippen molar-refractivity contribution in [1.29, 1.82) is 0 Å². The highest BCUT2D eigenvalue weighted by Gasteiger charge is 2.36. The van der Waals surface area contributed by atoms with Gasteiger partial charge in [-0.15, -0.1) is 11.8 Å². The van der Waals surface area contributed by atoms with Gasteiger partial charge in [0, 0.05) is 6.08 Å². The van der Waals surface area contributed by atoms with Crippen molar-refractivity contribution in [3.8, 4) is 0 Å². The Balaban J connectivity index is 2.25. The lowest BCUT2D eigenvalue weighted by Gasteiger charge is -2.34. The standard InChI is InChI=1S/C22H18O2S/c23-21(24)16-17-25-22(18-10-4-1-5-11-18,19-12-6-2-7-13-19)20-14-8-3-9-15-20/h1-17H,(H,23,24)/b17-16-. The molecule has 0 heterocycles. The zero-order chi connectivity index (χ0) is 17.5. The highest BCUT2D eigenvalue weighted by molar-refractivity contribution is 8.03. The minimum atomic E-state index is -0.949. The number of benzene rings is 3. The van der Waals surface area contributed by atoms with Gasteiger partial charge in [-0.05, 0) is 22.1 Å². The van der Waals surface area contributed by atoms with Crippen LogP contribution in [-0.2, 0) is 9.54 Å². The maximum atomic E-state index is 11.0. The molecule has 0 aliphatic rings. The quantitative estimate of drug-likeness (QED) is 0.485. The number of rotatable bonds is 6. The van der Waals surface area contributed by atoms with Gasteiger partial charge in [-0.3, -0.25) is 0 Å². The van der Waals surface area contributed by atoms with E-state index < -0.39 is 10.7 Å². The molecule has 3 rings (SSSR count). The molecule has 0 aromatic heterocycles. The molecular weight excluding hydrogens is 328 g/mol. The van der Waals surface area contributed by atoms with Gasteiger partial charge in [0.2, 0.25) is 0 Å². The number of hydrogen-bond acceptors (Lipinski definition) is 2. The Morgan fingerprint density at radius 1 is 0.720 bits per heavy atom. The first-order valence-electron chi connectivity index (χ1n) is 7.97. The molecule has 0 aliphatic heterocycles. The fraction of sp³-hybridized carbons (Fsp3) is 0.0455. The molecule has 1 N–H and O–H groups in total. The van der Waals surface area contributed by atoms with Gasteiger partial charge in [0.15, 0.2) is 0 Å². The van der Waals surface area contributed by atoms with Crippen LogP contribution in [0, 0.1) is 0 Å². The third kappa shape index (κ3) is 3.67. The van der Waals surface area contributed by atoms with Gasteiger partial charge in [0.25, 0.3) is 0 Å². The third-order valence-electron chi connectivity index (χ3n) is 4.00. The SMILES string of the molecule is O=C(O)/C=C\SC(c1ccccc1)(c1ccccc1)c1ccccc1. The van der Waals surface area contributed by atoms with Crippen LogP contribution in [0.5, 0.6) is 0 Å². The van der Waals surface area contributed by atoms with Crippen LogP contribution in [0.1, 0.15) is 16.7 Å². The summed E-state index contributed by atoms with van der Waals surface area (Å²) in [6.45, 7) is 0. The van der Waals surface area contributed by atoms with E-state index in [1.54, 1.807) is 5.41 Å². The summed E-state index contributed by atoms with van der Waals surface area (Å²) in [5.74, 6) is -0.949. The van der Waals surface area contributed by atoms with Gasteiger partial charge in [0.05, 0.1) is 4.75 Å². The summed E-state index contributed by atoms with van der Waals surface area (Å²) in [7, 11) is 0. The maximum Gasteiger partial charge on any atom is 0.328 e. The summed E-state index contributed by atoms with van der Waals surface area (Å²) in [6.07, 6.45) is 1.19. The number of aliphatic carboxylic acids is 1. The largest absolute Gasteiger partial charge is 0.478 e. The molecule has 0 amide bonds. The Kier molecular flexibility index (Phi) is 5.36. The zero-order valence-corrected chi connectivity index (χ0v) is 14.4. The summed E-state index contributed by atoms with van der Waals surface area (Å²) in [5, 5.41) is 10.7. The van der Waals surface area contributed by atoms with Crippen molar-refractivity contribution in [2.24, 2.45) is 0 Å². The summed E-state index contributed by atoms with van der Waals surface area (Å²) in [4.78, 5) is 11.0. The molecule has 0 atom stereocenters. The Labute approximate surface area is 151 Å². The van der Waals surface area contributed by atoms with Crippen LogP contribution in [-0.4, -0.2) is 11.1 Å². The molecule has 0 saturated carbocycles. The van der Waals surface area contributed by atoms with Gasteiger partial charge in [-0.25, -0.2) is 4.79 Å². The molecule has 0 saturated heterocycles. The second-order valence-electron chi connectivity index (χ2n) is 5.54.